The van der Waals surface area contributed by atoms with Gasteiger partial charge in [0.25, 0.3) is 0 Å². The summed E-state index contributed by atoms with van der Waals surface area (Å²) in [6.07, 6.45) is 1.48. The average molecular weight is 470 g/mol. The second kappa shape index (κ2) is 13.5. The number of Topliss-reactive ketones (excluding diaryl/α,β-unsaturated/α-hetero) is 1. The van der Waals surface area contributed by atoms with Crippen LogP contribution in [-0.4, -0.2) is 66.2 Å². The van der Waals surface area contributed by atoms with E-state index in [0.29, 0.717) is 17.7 Å². The van der Waals surface area contributed by atoms with Crippen molar-refractivity contribution in [1.82, 2.24) is 0 Å². The van der Waals surface area contributed by atoms with Gasteiger partial charge in [0.05, 0.1) is 18.4 Å². The molecule has 0 spiro atoms. The Morgan fingerprint density at radius 2 is 1.72 bits per heavy atom. The number of esters is 1. The average Bonchev–Trinajstić information content (AvgIpc) is 2.71. The number of hydrogen-bond donors (Lipinski definition) is 2. The monoisotopic (exact) mass is 470 g/mol. The molecule has 2 unspecified atom stereocenters. The Bertz CT molecular complexity index is 739. The molecule has 0 aliphatic rings. The van der Waals surface area contributed by atoms with Crippen LogP contribution in [-0.2, 0) is 18.8 Å². The number of carboxylic acids is 1. The number of hydrogen-bond acceptors (Lipinski definition) is 7. The Morgan fingerprint density at radius 1 is 1.09 bits per heavy atom. The molecule has 0 heterocycles. The maximum Gasteiger partial charge on any atom is 0.312 e. The molecule has 180 valence electrons. The van der Waals surface area contributed by atoms with Crippen molar-refractivity contribution in [1.29, 1.82) is 0 Å². The third-order valence-corrected chi connectivity index (χ3v) is 5.30. The molecule has 0 aliphatic heterocycles. The third kappa shape index (κ3) is 10.1. The Morgan fingerprint density at radius 3 is 2.22 bits per heavy atom. The van der Waals surface area contributed by atoms with E-state index in [-0.39, 0.29) is 19.6 Å². The van der Waals surface area contributed by atoms with Crippen LogP contribution >= 0.6 is 8.15 Å². The van der Waals surface area contributed by atoms with Gasteiger partial charge in [-0.3, -0.25) is 14.4 Å². The minimum atomic E-state index is -1.46. The van der Waals surface area contributed by atoms with Crippen LogP contribution in [0.3, 0.4) is 0 Å². The molecule has 32 heavy (non-hydrogen) atoms. The van der Waals surface area contributed by atoms with Gasteiger partial charge in [0, 0.05) is 13.7 Å². The number of carbonyl (C=O) groups is 3. The molecule has 9 heteroatoms. The highest BCUT2D eigenvalue weighted by Crippen LogP contribution is 2.34. The predicted molar refractivity (Wildman–Crippen MR) is 122 cm³/mol. The van der Waals surface area contributed by atoms with Crippen LogP contribution in [0.1, 0.15) is 56.8 Å². The Kier molecular flexibility index (Phi) is 11.8. The topological polar surface area (TPSA) is 119 Å². The summed E-state index contributed by atoms with van der Waals surface area (Å²) in [6, 6.07) is 6.28. The number of benzene rings is 1. The molecule has 0 aliphatic carbocycles. The Balaban J connectivity index is 2.64. The van der Waals surface area contributed by atoms with Crippen LogP contribution in [0.5, 0.6) is 5.75 Å². The lowest BCUT2D eigenvalue weighted by atomic mass is 9.94. The Hall–Kier alpha value is -2.02. The van der Waals surface area contributed by atoms with E-state index < -0.39 is 43.5 Å². The maximum atomic E-state index is 12.6. The number of carboxylic acid groups (broad SMARTS) is 1. The van der Waals surface area contributed by atoms with E-state index in [1.165, 1.54) is 13.8 Å². The van der Waals surface area contributed by atoms with Crippen LogP contribution in [0.4, 0.5) is 0 Å². The van der Waals surface area contributed by atoms with E-state index in [4.69, 9.17) is 14.0 Å². The zero-order valence-electron chi connectivity index (χ0n) is 19.5. The van der Waals surface area contributed by atoms with E-state index in [1.54, 1.807) is 24.3 Å². The van der Waals surface area contributed by atoms with Gasteiger partial charge in [-0.2, -0.15) is 0 Å². The van der Waals surface area contributed by atoms with Gasteiger partial charge in [-0.05, 0) is 57.9 Å². The zero-order chi connectivity index (χ0) is 24.3. The van der Waals surface area contributed by atoms with Gasteiger partial charge in [0.2, 0.25) is 0 Å². The van der Waals surface area contributed by atoms with E-state index in [0.717, 1.165) is 12.8 Å². The van der Waals surface area contributed by atoms with E-state index in [1.807, 2.05) is 20.3 Å². The number of aliphatic carboxylic acids is 1. The van der Waals surface area contributed by atoms with Crippen molar-refractivity contribution >= 4 is 25.9 Å². The van der Waals surface area contributed by atoms with Crippen LogP contribution < -0.4 is 4.74 Å². The van der Waals surface area contributed by atoms with Gasteiger partial charge < -0.3 is 24.2 Å². The molecule has 2 atom stereocenters. The summed E-state index contributed by atoms with van der Waals surface area (Å²) in [5.74, 6) is -2.49. The number of carbonyl (C=O) groups excluding carboxylic acids is 2. The molecular weight excluding hydrogens is 435 g/mol. The van der Waals surface area contributed by atoms with Gasteiger partial charge >= 0.3 is 11.9 Å². The summed E-state index contributed by atoms with van der Waals surface area (Å²) in [6.45, 7) is 8.70. The van der Waals surface area contributed by atoms with Crippen molar-refractivity contribution in [3.8, 4) is 5.75 Å². The molecule has 0 aromatic heterocycles. The van der Waals surface area contributed by atoms with Gasteiger partial charge in [-0.1, -0.05) is 19.8 Å². The van der Waals surface area contributed by atoms with Crippen molar-refractivity contribution < 1.29 is 38.6 Å². The molecule has 8 nitrogen and oxygen atoms in total. The van der Waals surface area contributed by atoms with E-state index >= 15 is 0 Å². The summed E-state index contributed by atoms with van der Waals surface area (Å²) in [4.78, 5) is 36.0. The predicted octanol–water partition coefficient (Wildman–Crippen LogP) is 3.89. The normalized spacial score (nSPS) is 13.5. The van der Waals surface area contributed by atoms with Crippen molar-refractivity contribution in [3.05, 3.63) is 29.8 Å². The lowest BCUT2D eigenvalue weighted by Crippen LogP contribution is -2.34. The van der Waals surface area contributed by atoms with Crippen molar-refractivity contribution in [2.45, 2.75) is 58.2 Å². The fourth-order valence-corrected chi connectivity index (χ4v) is 3.82. The SMILES string of the molecule is CCCCC(OP(C)C)C(CC(=O)O)C(=O)OCCOc1ccc(C(=O)C(C)(C)O)cc1. The molecule has 0 saturated carbocycles. The van der Waals surface area contributed by atoms with E-state index in [9.17, 15) is 24.6 Å². The summed E-state index contributed by atoms with van der Waals surface area (Å²) < 4.78 is 16.7. The Labute approximate surface area is 191 Å². The quantitative estimate of drug-likeness (QED) is 0.172. The molecule has 1 aromatic carbocycles. The fourth-order valence-electron chi connectivity index (χ4n) is 3.02. The molecular formula is C23H35O8P. The fraction of sp³-hybridized carbons (Fsp3) is 0.609. The summed E-state index contributed by atoms with van der Waals surface area (Å²) in [7, 11) is -0.765. The van der Waals surface area contributed by atoms with Crippen molar-refractivity contribution in [2.75, 3.05) is 26.5 Å². The number of aliphatic hydroxyl groups is 1. The number of rotatable bonds is 15. The first kappa shape index (κ1) is 28.0. The highest BCUT2D eigenvalue weighted by molar-refractivity contribution is 7.50. The van der Waals surface area contributed by atoms with Crippen LogP contribution in [0, 0.1) is 5.92 Å². The lowest BCUT2D eigenvalue weighted by molar-refractivity contribution is -0.157. The van der Waals surface area contributed by atoms with E-state index in [2.05, 4.69) is 0 Å². The molecule has 1 rings (SSSR count). The van der Waals surface area contributed by atoms with Crippen LogP contribution in [0.25, 0.3) is 0 Å². The molecule has 2 N–H and O–H groups in total. The van der Waals surface area contributed by atoms with Gasteiger partial charge in [-0.25, -0.2) is 0 Å². The number of ether oxygens (including phenoxy) is 2. The maximum absolute atomic E-state index is 12.6. The molecule has 0 bridgehead atoms. The third-order valence-electron chi connectivity index (χ3n) is 4.60. The largest absolute Gasteiger partial charge is 0.490 e. The minimum absolute atomic E-state index is 0.0488. The van der Waals surface area contributed by atoms with Gasteiger partial charge in [0.1, 0.15) is 24.6 Å². The van der Waals surface area contributed by atoms with Crippen LogP contribution in [0.2, 0.25) is 0 Å². The summed E-state index contributed by atoms with van der Waals surface area (Å²) in [5.41, 5.74) is -1.10. The molecule has 0 saturated heterocycles. The first-order valence-corrected chi connectivity index (χ1v) is 12.8. The van der Waals surface area contributed by atoms with Crippen molar-refractivity contribution in [2.24, 2.45) is 5.92 Å². The highest BCUT2D eigenvalue weighted by Gasteiger charge is 2.33. The minimum Gasteiger partial charge on any atom is -0.490 e. The first-order chi connectivity index (χ1) is 15.0. The standard InChI is InChI=1S/C23H35O8P/c1-6-7-8-19(31-32(4)5)18(15-20(24)25)22(27)30-14-13-29-17-11-9-16(10-12-17)21(26)23(2,3)28/h9-12,18-19,28H,6-8,13-15H2,1-5H3,(H,24,25). The molecule has 0 fully saturated rings. The summed E-state index contributed by atoms with van der Waals surface area (Å²) in [5, 5.41) is 19.0. The smallest absolute Gasteiger partial charge is 0.312 e. The molecule has 0 amide bonds. The van der Waals surface area contributed by atoms with Crippen LogP contribution in [0.15, 0.2) is 24.3 Å². The number of ketones is 1. The van der Waals surface area contributed by atoms with Gasteiger partial charge in [0.15, 0.2) is 5.78 Å². The lowest BCUT2D eigenvalue weighted by Gasteiger charge is -2.26. The molecule has 1 aromatic rings. The first-order valence-electron chi connectivity index (χ1n) is 10.7. The second-order valence-electron chi connectivity index (χ2n) is 8.23. The summed E-state index contributed by atoms with van der Waals surface area (Å²) >= 11 is 0. The van der Waals surface area contributed by atoms with Gasteiger partial charge in [-0.15, -0.1) is 0 Å². The highest BCUT2D eigenvalue weighted by atomic mass is 31.1. The zero-order valence-corrected chi connectivity index (χ0v) is 20.4. The molecule has 0 radical (unpaired) electrons. The number of unbranched alkanes of at least 4 members (excludes halogenated alkanes) is 1. The second-order valence-corrected chi connectivity index (χ2v) is 10.1. The van der Waals surface area contributed by atoms with Crippen molar-refractivity contribution in [3.63, 3.8) is 0 Å².